The molecule has 3 aromatic rings. The van der Waals surface area contributed by atoms with Crippen molar-refractivity contribution in [2.45, 2.75) is 24.6 Å². The number of ketones is 1. The predicted octanol–water partition coefficient (Wildman–Crippen LogP) is 4.38. The second-order valence-electron chi connectivity index (χ2n) is 8.23. The largest absolute Gasteiger partial charge is 0.493 e. The molecule has 0 aliphatic carbocycles. The summed E-state index contributed by atoms with van der Waals surface area (Å²) in [7, 11) is 1.36. The van der Waals surface area contributed by atoms with Crippen molar-refractivity contribution in [3.05, 3.63) is 95.6 Å². The molecule has 4 rings (SSSR count). The van der Waals surface area contributed by atoms with E-state index in [1.165, 1.54) is 54.9 Å². The van der Waals surface area contributed by atoms with Crippen LogP contribution in [-0.2, 0) is 6.61 Å². The molecule has 0 unspecified atom stereocenters. The average molecular weight is 500 g/mol. The van der Waals surface area contributed by atoms with Crippen molar-refractivity contribution >= 4 is 11.8 Å². The number of nitrogens with one attached hydrogen (secondary N) is 2. The Kier molecular flexibility index (Phi) is 6.89. The number of alkyl halides is 3. The summed E-state index contributed by atoms with van der Waals surface area (Å²) < 4.78 is 53.5. The molecule has 3 N–H and O–H groups in total. The van der Waals surface area contributed by atoms with Gasteiger partial charge in [-0.15, -0.1) is 0 Å². The molecule has 0 saturated carbocycles. The summed E-state index contributed by atoms with van der Waals surface area (Å²) in [6.07, 6.45) is -5.35. The van der Waals surface area contributed by atoms with Gasteiger partial charge in [-0.05, 0) is 23.3 Å². The first-order chi connectivity index (χ1) is 17.1. The topological polar surface area (TPSA) is 96.9 Å². The van der Waals surface area contributed by atoms with Gasteiger partial charge in [-0.25, -0.2) is 4.79 Å². The summed E-state index contributed by atoms with van der Waals surface area (Å²) in [4.78, 5) is 25.6. The van der Waals surface area contributed by atoms with Gasteiger partial charge in [0.1, 0.15) is 12.5 Å². The molecule has 0 aromatic heterocycles. The highest BCUT2D eigenvalue weighted by molar-refractivity contribution is 6.00. The molecule has 10 heteroatoms. The number of carbonyl (C=O) groups excluding carboxylic acids is 2. The van der Waals surface area contributed by atoms with Crippen molar-refractivity contribution in [1.82, 2.24) is 10.6 Å². The molecule has 1 heterocycles. The highest BCUT2D eigenvalue weighted by atomic mass is 19.4. The number of hydrogen-bond donors (Lipinski definition) is 3. The Hall–Kier alpha value is -4.05. The lowest BCUT2D eigenvalue weighted by atomic mass is 9.77. The summed E-state index contributed by atoms with van der Waals surface area (Å²) in [5, 5.41) is 14.6. The molecule has 0 bridgehead atoms. The lowest BCUT2D eigenvalue weighted by Gasteiger charge is -2.45. The first-order valence-electron chi connectivity index (χ1n) is 11.0. The monoisotopic (exact) mass is 500 g/mol. The number of halogens is 3. The molecule has 1 aliphatic rings. The molecule has 7 nitrogen and oxygen atoms in total. The molecule has 2 amide bonds. The van der Waals surface area contributed by atoms with E-state index in [2.05, 4.69) is 5.32 Å². The molecule has 3 atom stereocenters. The van der Waals surface area contributed by atoms with Gasteiger partial charge in [-0.1, -0.05) is 66.7 Å². The third-order valence-electron chi connectivity index (χ3n) is 5.93. The summed E-state index contributed by atoms with van der Waals surface area (Å²) in [6, 6.07) is 18.0. The highest BCUT2D eigenvalue weighted by Gasteiger charge is 2.66. The van der Waals surface area contributed by atoms with Crippen molar-refractivity contribution in [3.8, 4) is 11.5 Å². The van der Waals surface area contributed by atoms with Crippen molar-refractivity contribution in [2.75, 3.05) is 7.11 Å². The zero-order valence-electron chi connectivity index (χ0n) is 19.1. The van der Waals surface area contributed by atoms with E-state index >= 15 is 0 Å². The summed E-state index contributed by atoms with van der Waals surface area (Å²) >= 11 is 0. The van der Waals surface area contributed by atoms with Crippen molar-refractivity contribution < 1.29 is 37.3 Å². The van der Waals surface area contributed by atoms with E-state index < -0.39 is 35.7 Å². The van der Waals surface area contributed by atoms with Gasteiger partial charge in [-0.3, -0.25) is 4.79 Å². The fourth-order valence-electron chi connectivity index (χ4n) is 4.13. The number of methoxy groups -OCH3 is 1. The van der Waals surface area contributed by atoms with Crippen molar-refractivity contribution in [3.63, 3.8) is 0 Å². The minimum absolute atomic E-state index is 0.0529. The molecule has 1 saturated heterocycles. The summed E-state index contributed by atoms with van der Waals surface area (Å²) in [5.41, 5.74) is -2.87. The quantitative estimate of drug-likeness (QED) is 0.419. The van der Waals surface area contributed by atoms with Crippen LogP contribution in [0.1, 0.15) is 27.5 Å². The van der Waals surface area contributed by atoms with Gasteiger partial charge in [0.05, 0.1) is 13.2 Å². The van der Waals surface area contributed by atoms with Gasteiger partial charge in [-0.2, -0.15) is 13.2 Å². The number of aliphatic hydroxyl groups is 1. The summed E-state index contributed by atoms with van der Waals surface area (Å²) in [6.45, 7) is 0.212. The van der Waals surface area contributed by atoms with E-state index in [1.807, 2.05) is 30.3 Å². The molecule has 188 valence electrons. The van der Waals surface area contributed by atoms with Crippen molar-refractivity contribution in [2.24, 2.45) is 5.92 Å². The van der Waals surface area contributed by atoms with Gasteiger partial charge >= 0.3 is 12.2 Å². The van der Waals surface area contributed by atoms with E-state index in [0.29, 0.717) is 5.75 Å². The number of benzene rings is 3. The Morgan fingerprint density at radius 2 is 1.64 bits per heavy atom. The van der Waals surface area contributed by atoms with Crippen LogP contribution in [0.25, 0.3) is 0 Å². The maximum atomic E-state index is 14.1. The number of amides is 2. The minimum atomic E-state index is -5.35. The van der Waals surface area contributed by atoms with E-state index in [1.54, 1.807) is 6.07 Å². The van der Waals surface area contributed by atoms with E-state index in [0.717, 1.165) is 5.56 Å². The van der Waals surface area contributed by atoms with Gasteiger partial charge in [0.15, 0.2) is 17.3 Å². The molecule has 36 heavy (non-hydrogen) atoms. The number of Topliss-reactive ketones (excluding diaryl/α,β-unsaturated/α-hetero) is 1. The Morgan fingerprint density at radius 3 is 2.25 bits per heavy atom. The maximum absolute atomic E-state index is 14.1. The molecular weight excluding hydrogens is 477 g/mol. The maximum Gasteiger partial charge on any atom is 0.437 e. The van der Waals surface area contributed by atoms with E-state index in [9.17, 15) is 27.9 Å². The number of ether oxygens (including phenoxy) is 2. The molecule has 1 aliphatic heterocycles. The fraction of sp³-hybridized carbons (Fsp3) is 0.231. The van der Waals surface area contributed by atoms with Crippen LogP contribution in [0.3, 0.4) is 0 Å². The van der Waals surface area contributed by atoms with Crippen LogP contribution in [0.5, 0.6) is 11.5 Å². The van der Waals surface area contributed by atoms with Crippen LogP contribution in [0.2, 0.25) is 0 Å². The average Bonchev–Trinajstić information content (AvgIpc) is 2.87. The predicted molar refractivity (Wildman–Crippen MR) is 123 cm³/mol. The van der Waals surface area contributed by atoms with Gasteiger partial charge < -0.3 is 25.2 Å². The first-order valence-corrected chi connectivity index (χ1v) is 11.0. The normalized spacial score (nSPS) is 21.8. The van der Waals surface area contributed by atoms with Crippen LogP contribution in [0.4, 0.5) is 18.0 Å². The fourth-order valence-corrected chi connectivity index (χ4v) is 4.13. The second-order valence-corrected chi connectivity index (χ2v) is 8.23. The molecule has 0 spiro atoms. The van der Waals surface area contributed by atoms with Crippen LogP contribution in [0.15, 0.2) is 78.9 Å². The zero-order chi connectivity index (χ0) is 25.9. The van der Waals surface area contributed by atoms with Crippen molar-refractivity contribution in [1.29, 1.82) is 0 Å². The number of urea groups is 1. The van der Waals surface area contributed by atoms with E-state index in [-0.39, 0.29) is 23.5 Å². The minimum Gasteiger partial charge on any atom is -0.493 e. The number of hydrogen-bond acceptors (Lipinski definition) is 5. The van der Waals surface area contributed by atoms with Crippen LogP contribution < -0.4 is 20.1 Å². The van der Waals surface area contributed by atoms with Gasteiger partial charge in [0.2, 0.25) is 5.72 Å². The van der Waals surface area contributed by atoms with Crippen LogP contribution in [0, 0.1) is 5.92 Å². The molecule has 0 radical (unpaired) electrons. The Balaban J connectivity index is 1.73. The SMILES string of the molecule is COc1cc([C@H]2NC(=O)N[C@](O)(C(F)(F)F)[C@@H]2C(=O)c2ccccc2)ccc1OCc1ccccc1. The van der Waals surface area contributed by atoms with Crippen LogP contribution >= 0.6 is 0 Å². The second kappa shape index (κ2) is 9.90. The standard InChI is InChI=1S/C26H23F3N2O5/c1-35-20-14-18(12-13-19(20)36-15-16-8-4-2-5-9-16)22-21(23(32)17-10-6-3-7-11-17)25(34,26(27,28)29)31-24(33)30-22/h2-14,21-22,34H,15H2,1H3,(H2,30,31,33)/t21-,22+,25+/m0/s1. The van der Waals surface area contributed by atoms with Gasteiger partial charge in [0, 0.05) is 5.56 Å². The molecular formula is C26H23F3N2O5. The zero-order valence-corrected chi connectivity index (χ0v) is 19.1. The Morgan fingerprint density at radius 1 is 1.00 bits per heavy atom. The van der Waals surface area contributed by atoms with Crippen LogP contribution in [-0.4, -0.2) is 35.9 Å². The number of rotatable bonds is 7. The Labute approximate surface area is 204 Å². The molecule has 1 fully saturated rings. The lowest BCUT2D eigenvalue weighted by molar-refractivity contribution is -0.287. The highest BCUT2D eigenvalue weighted by Crippen LogP contribution is 2.45. The third-order valence-corrected chi connectivity index (χ3v) is 5.93. The Bertz CT molecular complexity index is 1240. The lowest BCUT2D eigenvalue weighted by Crippen LogP contribution is -2.72. The smallest absolute Gasteiger partial charge is 0.437 e. The third kappa shape index (κ3) is 4.85. The number of carbonyl (C=O) groups is 2. The summed E-state index contributed by atoms with van der Waals surface area (Å²) in [5.74, 6) is -2.66. The molecule has 3 aromatic carbocycles. The van der Waals surface area contributed by atoms with Gasteiger partial charge in [0.25, 0.3) is 0 Å². The van der Waals surface area contributed by atoms with E-state index in [4.69, 9.17) is 9.47 Å². The first kappa shape index (κ1) is 25.1.